The molecule has 3 nitrogen and oxygen atoms in total. The van der Waals surface area contributed by atoms with Gasteiger partial charge in [-0.05, 0) is 82.1 Å². The monoisotopic (exact) mass is 290 g/mol. The lowest BCUT2D eigenvalue weighted by molar-refractivity contribution is -0.139. The van der Waals surface area contributed by atoms with Crippen LogP contribution < -0.4 is 10.6 Å². The summed E-state index contributed by atoms with van der Waals surface area (Å²) in [5.74, 6) is 4.02. The standard InChI is InChI=1S/C18H30N2O/c1-11(16-4-2-3-5-19-16)20-18(21)17-14-7-12-6-13(9-14)10-15(17)8-12/h11-17,19H,2-10H2,1H3,(H,20,21). The van der Waals surface area contributed by atoms with E-state index in [1.165, 1.54) is 51.4 Å². The maximum atomic E-state index is 12.8. The van der Waals surface area contributed by atoms with Gasteiger partial charge in [-0.3, -0.25) is 4.79 Å². The molecule has 4 aliphatic carbocycles. The molecule has 118 valence electrons. The number of hydrogen-bond acceptors (Lipinski definition) is 2. The predicted molar refractivity (Wildman–Crippen MR) is 83.8 cm³/mol. The SMILES string of the molecule is CC(NC(=O)C1C2CC3CC(C2)CC1C3)C1CCCCN1. The Bertz CT molecular complexity index is 374. The Morgan fingerprint density at radius 3 is 2.29 bits per heavy atom. The van der Waals surface area contributed by atoms with E-state index in [1.54, 1.807) is 0 Å². The van der Waals surface area contributed by atoms with Gasteiger partial charge in [0.25, 0.3) is 0 Å². The number of hydrogen-bond donors (Lipinski definition) is 2. The fourth-order valence-electron chi connectivity index (χ4n) is 6.08. The summed E-state index contributed by atoms with van der Waals surface area (Å²) in [4.78, 5) is 12.8. The molecule has 3 heteroatoms. The van der Waals surface area contributed by atoms with Gasteiger partial charge in [0.2, 0.25) is 5.91 Å². The minimum Gasteiger partial charge on any atom is -0.352 e. The summed E-state index contributed by atoms with van der Waals surface area (Å²) < 4.78 is 0. The highest BCUT2D eigenvalue weighted by Crippen LogP contribution is 2.56. The average Bonchev–Trinajstić information content (AvgIpc) is 2.47. The summed E-state index contributed by atoms with van der Waals surface area (Å²) in [6.07, 6.45) is 10.6. The van der Waals surface area contributed by atoms with Gasteiger partial charge in [-0.1, -0.05) is 6.42 Å². The van der Waals surface area contributed by atoms with Crippen molar-refractivity contribution in [2.75, 3.05) is 6.54 Å². The van der Waals surface area contributed by atoms with Gasteiger partial charge in [-0.15, -0.1) is 0 Å². The van der Waals surface area contributed by atoms with E-state index in [4.69, 9.17) is 0 Å². The van der Waals surface area contributed by atoms with E-state index in [2.05, 4.69) is 17.6 Å². The van der Waals surface area contributed by atoms with Crippen LogP contribution in [0.2, 0.25) is 0 Å². The number of carbonyl (C=O) groups excluding carboxylic acids is 1. The Morgan fingerprint density at radius 2 is 1.71 bits per heavy atom. The third-order valence-electron chi connectivity index (χ3n) is 6.85. The third kappa shape index (κ3) is 2.62. The number of piperidine rings is 1. The Labute approximate surface area is 128 Å². The van der Waals surface area contributed by atoms with Crippen LogP contribution >= 0.6 is 0 Å². The summed E-state index contributed by atoms with van der Waals surface area (Å²) in [6, 6.07) is 0.773. The molecule has 0 aromatic heterocycles. The maximum Gasteiger partial charge on any atom is 0.223 e. The zero-order valence-electron chi connectivity index (χ0n) is 13.3. The lowest BCUT2D eigenvalue weighted by atomic mass is 9.51. The van der Waals surface area contributed by atoms with Crippen LogP contribution in [0.25, 0.3) is 0 Å². The second kappa shape index (κ2) is 5.57. The lowest BCUT2D eigenvalue weighted by Gasteiger charge is -2.53. The predicted octanol–water partition coefficient (Wildman–Crippen LogP) is 2.71. The first kappa shape index (κ1) is 14.0. The highest BCUT2D eigenvalue weighted by molar-refractivity contribution is 5.80. The van der Waals surface area contributed by atoms with E-state index < -0.39 is 0 Å². The molecule has 0 aromatic carbocycles. The van der Waals surface area contributed by atoms with Crippen molar-refractivity contribution < 1.29 is 4.79 Å². The van der Waals surface area contributed by atoms with Gasteiger partial charge < -0.3 is 10.6 Å². The first-order valence-electron chi connectivity index (χ1n) is 9.24. The van der Waals surface area contributed by atoms with Gasteiger partial charge in [0.15, 0.2) is 0 Å². The molecular formula is C18H30N2O. The van der Waals surface area contributed by atoms with Crippen LogP contribution in [0.3, 0.4) is 0 Å². The van der Waals surface area contributed by atoms with E-state index >= 15 is 0 Å². The molecule has 1 heterocycles. The van der Waals surface area contributed by atoms with Crippen molar-refractivity contribution >= 4 is 5.91 Å². The van der Waals surface area contributed by atoms with Gasteiger partial charge in [0.1, 0.15) is 0 Å². The van der Waals surface area contributed by atoms with Crippen LogP contribution in [0.4, 0.5) is 0 Å². The lowest BCUT2D eigenvalue weighted by Crippen LogP contribution is -2.56. The molecule has 1 saturated heterocycles. The van der Waals surface area contributed by atoms with Gasteiger partial charge in [0, 0.05) is 18.0 Å². The van der Waals surface area contributed by atoms with Crippen molar-refractivity contribution in [2.45, 2.75) is 70.4 Å². The fraction of sp³-hybridized carbons (Fsp3) is 0.944. The summed E-state index contributed by atoms with van der Waals surface area (Å²) in [6.45, 7) is 3.31. The Hall–Kier alpha value is -0.570. The summed E-state index contributed by atoms with van der Waals surface area (Å²) in [7, 11) is 0. The second-order valence-corrected chi connectivity index (χ2v) is 8.31. The molecule has 2 N–H and O–H groups in total. The number of rotatable bonds is 3. The third-order valence-corrected chi connectivity index (χ3v) is 6.85. The molecule has 4 bridgehead atoms. The molecule has 4 saturated carbocycles. The number of amides is 1. The smallest absolute Gasteiger partial charge is 0.223 e. The van der Waals surface area contributed by atoms with Crippen molar-refractivity contribution in [1.29, 1.82) is 0 Å². The van der Waals surface area contributed by atoms with Crippen LogP contribution in [0.1, 0.15) is 58.3 Å². The molecule has 2 unspecified atom stereocenters. The van der Waals surface area contributed by atoms with E-state index in [-0.39, 0.29) is 6.04 Å². The van der Waals surface area contributed by atoms with Crippen molar-refractivity contribution in [2.24, 2.45) is 29.6 Å². The molecular weight excluding hydrogens is 260 g/mol. The first-order valence-corrected chi connectivity index (χ1v) is 9.24. The van der Waals surface area contributed by atoms with Crippen LogP contribution in [0, 0.1) is 29.6 Å². The zero-order valence-corrected chi connectivity index (χ0v) is 13.3. The zero-order chi connectivity index (χ0) is 14.4. The molecule has 1 amide bonds. The topological polar surface area (TPSA) is 41.1 Å². The van der Waals surface area contributed by atoms with Crippen LogP contribution in [0.5, 0.6) is 0 Å². The van der Waals surface area contributed by atoms with Crippen LogP contribution in [-0.2, 0) is 4.79 Å². The highest BCUT2D eigenvalue weighted by atomic mass is 16.2. The van der Waals surface area contributed by atoms with Crippen molar-refractivity contribution in [3.05, 3.63) is 0 Å². The van der Waals surface area contributed by atoms with Crippen molar-refractivity contribution in [1.82, 2.24) is 10.6 Å². The minimum atomic E-state index is 0.287. The second-order valence-electron chi connectivity index (χ2n) is 8.31. The first-order chi connectivity index (χ1) is 10.2. The molecule has 21 heavy (non-hydrogen) atoms. The summed E-state index contributed by atoms with van der Waals surface area (Å²) in [5.41, 5.74) is 0. The molecule has 5 aliphatic rings. The fourth-order valence-corrected chi connectivity index (χ4v) is 6.08. The Morgan fingerprint density at radius 1 is 1.05 bits per heavy atom. The van der Waals surface area contributed by atoms with E-state index in [0.717, 1.165) is 18.4 Å². The quantitative estimate of drug-likeness (QED) is 0.839. The number of nitrogens with one attached hydrogen (secondary N) is 2. The van der Waals surface area contributed by atoms with E-state index in [1.807, 2.05) is 0 Å². The molecule has 2 atom stereocenters. The van der Waals surface area contributed by atoms with Crippen molar-refractivity contribution in [3.8, 4) is 0 Å². The highest BCUT2D eigenvalue weighted by Gasteiger charge is 2.50. The van der Waals surface area contributed by atoms with Gasteiger partial charge in [-0.25, -0.2) is 0 Å². The molecule has 5 fully saturated rings. The van der Waals surface area contributed by atoms with Crippen LogP contribution in [0.15, 0.2) is 0 Å². The Kier molecular flexibility index (Phi) is 3.72. The maximum absolute atomic E-state index is 12.8. The van der Waals surface area contributed by atoms with Gasteiger partial charge in [0.05, 0.1) is 0 Å². The van der Waals surface area contributed by atoms with E-state index in [9.17, 15) is 4.79 Å². The average molecular weight is 290 g/mol. The van der Waals surface area contributed by atoms with Gasteiger partial charge in [-0.2, -0.15) is 0 Å². The van der Waals surface area contributed by atoms with E-state index in [0.29, 0.717) is 29.7 Å². The molecule has 1 aliphatic heterocycles. The largest absolute Gasteiger partial charge is 0.352 e. The Balaban J connectivity index is 1.38. The normalized spacial score (nSPS) is 46.3. The molecule has 0 aromatic rings. The molecule has 0 radical (unpaired) electrons. The number of carbonyl (C=O) groups is 1. The molecule has 0 spiro atoms. The summed E-state index contributed by atoms with van der Waals surface area (Å²) in [5, 5.41) is 6.95. The van der Waals surface area contributed by atoms with Crippen LogP contribution in [-0.4, -0.2) is 24.5 Å². The minimum absolute atomic E-state index is 0.287. The van der Waals surface area contributed by atoms with Crippen molar-refractivity contribution in [3.63, 3.8) is 0 Å². The van der Waals surface area contributed by atoms with Gasteiger partial charge >= 0.3 is 0 Å². The molecule has 5 rings (SSSR count). The summed E-state index contributed by atoms with van der Waals surface area (Å²) >= 11 is 0.